The molecule has 0 saturated carbocycles. The zero-order valence-electron chi connectivity index (χ0n) is 7.44. The monoisotopic (exact) mass is 209 g/mol. The van der Waals surface area contributed by atoms with Gasteiger partial charge >= 0.3 is 5.97 Å². The fourth-order valence-electron chi connectivity index (χ4n) is 0.948. The Bertz CT molecular complexity index is 402. The molecule has 0 atom stereocenters. The van der Waals surface area contributed by atoms with Crippen molar-refractivity contribution in [1.29, 1.82) is 5.26 Å². The van der Waals surface area contributed by atoms with Gasteiger partial charge in [0.2, 0.25) is 0 Å². The Balaban J connectivity index is 2.99. The molecule has 0 aliphatic heterocycles. The number of nitrogens with zero attached hydrogens (tertiary/aromatic N) is 1. The van der Waals surface area contributed by atoms with Crippen molar-refractivity contribution in [3.8, 4) is 6.07 Å². The maximum absolute atomic E-state index is 11.3. The van der Waals surface area contributed by atoms with E-state index in [0.717, 1.165) is 11.3 Å². The molecule has 1 aromatic rings. The van der Waals surface area contributed by atoms with E-state index in [-0.39, 0.29) is 17.8 Å². The van der Waals surface area contributed by atoms with Crippen LogP contribution in [0.1, 0.15) is 26.5 Å². The van der Waals surface area contributed by atoms with Crippen LogP contribution >= 0.6 is 11.3 Å². The Morgan fingerprint density at radius 1 is 1.64 bits per heavy atom. The second kappa shape index (κ2) is 4.53. The highest BCUT2D eigenvalue weighted by Crippen LogP contribution is 2.19. The lowest BCUT2D eigenvalue weighted by Crippen LogP contribution is -2.06. The highest BCUT2D eigenvalue weighted by Gasteiger charge is 2.18. The average molecular weight is 209 g/mol. The third-order valence-corrected chi connectivity index (χ3v) is 2.52. The lowest BCUT2D eigenvalue weighted by Gasteiger charge is -1.97. The largest absolute Gasteiger partial charge is 0.465 e. The van der Waals surface area contributed by atoms with Gasteiger partial charge in [-0.05, 0) is 11.4 Å². The summed E-state index contributed by atoms with van der Waals surface area (Å²) in [6.45, 7) is 0. The van der Waals surface area contributed by atoms with Gasteiger partial charge in [0.1, 0.15) is 0 Å². The molecule has 4 nitrogen and oxygen atoms in total. The Kier molecular flexibility index (Phi) is 3.37. The summed E-state index contributed by atoms with van der Waals surface area (Å²) in [4.78, 5) is 22.8. The fraction of sp³-hybridized carbons (Fsp3) is 0.222. The van der Waals surface area contributed by atoms with Crippen LogP contribution in [0.15, 0.2) is 11.4 Å². The predicted molar refractivity (Wildman–Crippen MR) is 50.2 cm³/mol. The smallest absolute Gasteiger partial charge is 0.339 e. The van der Waals surface area contributed by atoms with E-state index >= 15 is 0 Å². The molecule has 0 saturated heterocycles. The topological polar surface area (TPSA) is 67.2 Å². The molecule has 0 aliphatic rings. The van der Waals surface area contributed by atoms with Crippen molar-refractivity contribution in [2.75, 3.05) is 7.11 Å². The quantitative estimate of drug-likeness (QED) is 0.560. The molecule has 0 spiro atoms. The van der Waals surface area contributed by atoms with Gasteiger partial charge in [-0.3, -0.25) is 4.79 Å². The first-order valence-electron chi connectivity index (χ1n) is 3.76. The molecule has 5 heteroatoms. The van der Waals surface area contributed by atoms with Crippen molar-refractivity contribution in [2.24, 2.45) is 0 Å². The van der Waals surface area contributed by atoms with E-state index in [2.05, 4.69) is 4.74 Å². The number of carbonyl (C=O) groups is 2. The average Bonchev–Trinajstić information content (AvgIpc) is 2.65. The van der Waals surface area contributed by atoms with Crippen LogP contribution in [-0.2, 0) is 4.74 Å². The van der Waals surface area contributed by atoms with Gasteiger partial charge in [0.05, 0.1) is 30.0 Å². The van der Waals surface area contributed by atoms with Crippen molar-refractivity contribution < 1.29 is 14.3 Å². The standard InChI is InChI=1S/C9H7NO3S/c1-13-9(12)6-3-5-14-8(6)7(11)2-4-10/h3,5H,2H2,1H3. The number of methoxy groups -OCH3 is 1. The van der Waals surface area contributed by atoms with Crippen LogP contribution in [0.2, 0.25) is 0 Å². The minimum Gasteiger partial charge on any atom is -0.465 e. The summed E-state index contributed by atoms with van der Waals surface area (Å²) >= 11 is 1.14. The molecule has 0 aromatic carbocycles. The first kappa shape index (κ1) is 10.4. The number of thiophene rings is 1. The molecule has 0 bridgehead atoms. The van der Waals surface area contributed by atoms with Crippen LogP contribution < -0.4 is 0 Å². The second-order valence-corrected chi connectivity index (χ2v) is 3.33. The number of nitriles is 1. The molecule has 1 aromatic heterocycles. The van der Waals surface area contributed by atoms with Gasteiger partial charge in [-0.1, -0.05) is 0 Å². The van der Waals surface area contributed by atoms with Crippen molar-refractivity contribution in [3.63, 3.8) is 0 Å². The highest BCUT2D eigenvalue weighted by molar-refractivity contribution is 7.12. The van der Waals surface area contributed by atoms with Gasteiger partial charge in [-0.2, -0.15) is 5.26 Å². The van der Waals surface area contributed by atoms with Crippen LogP contribution in [0.5, 0.6) is 0 Å². The maximum atomic E-state index is 11.3. The number of hydrogen-bond donors (Lipinski definition) is 0. The van der Waals surface area contributed by atoms with E-state index in [1.807, 2.05) is 0 Å². The molecule has 1 heterocycles. The van der Waals surface area contributed by atoms with Crippen LogP contribution in [0.4, 0.5) is 0 Å². The van der Waals surface area contributed by atoms with Crippen LogP contribution in [-0.4, -0.2) is 18.9 Å². The van der Waals surface area contributed by atoms with E-state index in [1.165, 1.54) is 13.2 Å². The van der Waals surface area contributed by atoms with Gasteiger partial charge < -0.3 is 4.74 Å². The minimum absolute atomic E-state index is 0.218. The van der Waals surface area contributed by atoms with Gasteiger partial charge in [-0.25, -0.2) is 4.79 Å². The molecule has 0 unspecified atom stereocenters. The summed E-state index contributed by atoms with van der Waals surface area (Å²) in [7, 11) is 1.25. The van der Waals surface area contributed by atoms with E-state index in [0.29, 0.717) is 4.88 Å². The number of rotatable bonds is 3. The molecule has 0 amide bonds. The lowest BCUT2D eigenvalue weighted by atomic mass is 10.2. The molecule has 0 fully saturated rings. The Morgan fingerprint density at radius 2 is 2.36 bits per heavy atom. The molecule has 0 radical (unpaired) electrons. The highest BCUT2D eigenvalue weighted by atomic mass is 32.1. The molecule has 72 valence electrons. The van der Waals surface area contributed by atoms with E-state index < -0.39 is 5.97 Å². The number of carbonyl (C=O) groups excluding carboxylic acids is 2. The molecule has 0 aliphatic carbocycles. The van der Waals surface area contributed by atoms with Crippen molar-refractivity contribution in [1.82, 2.24) is 0 Å². The number of Topliss-reactive ketones (excluding diaryl/α,β-unsaturated/α-hetero) is 1. The van der Waals surface area contributed by atoms with Crippen LogP contribution in [0.3, 0.4) is 0 Å². The zero-order chi connectivity index (χ0) is 10.6. The summed E-state index contributed by atoms with van der Waals surface area (Å²) in [5.41, 5.74) is 0.234. The van der Waals surface area contributed by atoms with Gasteiger partial charge in [0, 0.05) is 0 Å². The third-order valence-electron chi connectivity index (χ3n) is 1.56. The summed E-state index contributed by atoms with van der Waals surface area (Å²) < 4.78 is 4.50. The van der Waals surface area contributed by atoms with Gasteiger partial charge in [-0.15, -0.1) is 11.3 Å². The molecule has 1 rings (SSSR count). The van der Waals surface area contributed by atoms with E-state index in [9.17, 15) is 9.59 Å². The maximum Gasteiger partial charge on any atom is 0.339 e. The molecular formula is C9H7NO3S. The molecule has 0 N–H and O–H groups in total. The Hall–Kier alpha value is -1.67. The number of esters is 1. The Morgan fingerprint density at radius 3 is 2.93 bits per heavy atom. The van der Waals surface area contributed by atoms with Crippen LogP contribution in [0, 0.1) is 11.3 Å². The summed E-state index contributed by atoms with van der Waals surface area (Å²) in [5.74, 6) is -0.893. The van der Waals surface area contributed by atoms with E-state index in [1.54, 1.807) is 11.4 Å². The van der Waals surface area contributed by atoms with E-state index in [4.69, 9.17) is 5.26 Å². The SMILES string of the molecule is COC(=O)c1ccsc1C(=O)CC#N. The second-order valence-electron chi connectivity index (χ2n) is 2.41. The number of ketones is 1. The number of hydrogen-bond acceptors (Lipinski definition) is 5. The predicted octanol–water partition coefficient (Wildman–Crippen LogP) is 1.63. The minimum atomic E-state index is -0.549. The molecule has 14 heavy (non-hydrogen) atoms. The summed E-state index contributed by atoms with van der Waals surface area (Å²) in [5, 5.41) is 9.96. The zero-order valence-corrected chi connectivity index (χ0v) is 8.26. The summed E-state index contributed by atoms with van der Waals surface area (Å²) in [6, 6.07) is 3.26. The first-order valence-corrected chi connectivity index (χ1v) is 4.64. The fourth-order valence-corrected chi connectivity index (χ4v) is 1.77. The first-order chi connectivity index (χ1) is 6.70. The van der Waals surface area contributed by atoms with Gasteiger partial charge in [0.25, 0.3) is 0 Å². The normalized spacial score (nSPS) is 9.14. The van der Waals surface area contributed by atoms with Crippen molar-refractivity contribution in [3.05, 3.63) is 21.9 Å². The molecular weight excluding hydrogens is 202 g/mol. The summed E-state index contributed by atoms with van der Waals surface area (Å²) in [6.07, 6.45) is -0.218. The Labute approximate surface area is 84.7 Å². The van der Waals surface area contributed by atoms with Gasteiger partial charge in [0.15, 0.2) is 5.78 Å². The number of ether oxygens (including phenoxy) is 1. The third kappa shape index (κ3) is 1.98. The lowest BCUT2D eigenvalue weighted by molar-refractivity contribution is 0.0598. The van der Waals surface area contributed by atoms with Crippen molar-refractivity contribution in [2.45, 2.75) is 6.42 Å². The van der Waals surface area contributed by atoms with Crippen LogP contribution in [0.25, 0.3) is 0 Å². The van der Waals surface area contributed by atoms with Crippen molar-refractivity contribution >= 4 is 23.1 Å².